The molecule has 178 valence electrons. The van der Waals surface area contributed by atoms with Crippen molar-refractivity contribution in [1.82, 2.24) is 25.1 Å². The fourth-order valence-corrected chi connectivity index (χ4v) is 5.12. The van der Waals surface area contributed by atoms with Crippen LogP contribution < -0.4 is 5.32 Å². The molecule has 1 saturated carbocycles. The molecule has 3 atom stereocenters. The summed E-state index contributed by atoms with van der Waals surface area (Å²) < 4.78 is 59.6. The van der Waals surface area contributed by atoms with Gasteiger partial charge in [-0.15, -0.1) is 10.2 Å². The molecule has 3 aromatic rings. The summed E-state index contributed by atoms with van der Waals surface area (Å²) in [5, 5.41) is 10.7. The summed E-state index contributed by atoms with van der Waals surface area (Å²) in [5.74, 6) is -0.00341. The first-order chi connectivity index (χ1) is 16.1. The number of urea groups is 1. The van der Waals surface area contributed by atoms with Gasteiger partial charge in [0.1, 0.15) is 5.54 Å². The number of carbonyl (C=O) groups is 1. The lowest BCUT2D eigenvalue weighted by Gasteiger charge is -2.61. The average Bonchev–Trinajstić information content (AvgIpc) is 3.19. The predicted molar refractivity (Wildman–Crippen MR) is 111 cm³/mol. The number of hydrogen-bond donors (Lipinski definition) is 1. The number of piperidine rings is 1. The van der Waals surface area contributed by atoms with Crippen LogP contribution in [0.5, 0.6) is 0 Å². The highest BCUT2D eigenvalue weighted by molar-refractivity contribution is 5.92. The molecule has 12 heteroatoms. The Balaban J connectivity index is 1.47. The van der Waals surface area contributed by atoms with Crippen molar-refractivity contribution in [1.29, 1.82) is 0 Å². The van der Waals surface area contributed by atoms with E-state index in [4.69, 9.17) is 4.42 Å². The van der Waals surface area contributed by atoms with Gasteiger partial charge in [0.25, 0.3) is 0 Å². The van der Waals surface area contributed by atoms with Gasteiger partial charge in [-0.3, -0.25) is 0 Å². The molecule has 2 amide bonds. The highest BCUT2D eigenvalue weighted by Crippen LogP contribution is 2.55. The van der Waals surface area contributed by atoms with Gasteiger partial charge < -0.3 is 14.6 Å². The maximum Gasteiger partial charge on any atom is 0.417 e. The first-order valence-electron chi connectivity index (χ1n) is 10.7. The van der Waals surface area contributed by atoms with Crippen molar-refractivity contribution in [2.24, 2.45) is 5.92 Å². The monoisotopic (exact) mass is 476 g/mol. The molecule has 5 rings (SSSR count). The fraction of sp³-hybridized carbons (Fsp3) is 0.409. The smallest absolute Gasteiger partial charge is 0.417 e. The van der Waals surface area contributed by atoms with Gasteiger partial charge in [-0.05, 0) is 37.0 Å². The van der Waals surface area contributed by atoms with Crippen LogP contribution in [0.4, 0.5) is 28.0 Å². The van der Waals surface area contributed by atoms with Crippen LogP contribution in [0, 0.1) is 18.7 Å². The van der Waals surface area contributed by atoms with Gasteiger partial charge >= 0.3 is 12.2 Å². The van der Waals surface area contributed by atoms with Crippen molar-refractivity contribution < 1.29 is 26.8 Å². The first kappa shape index (κ1) is 22.2. The molecule has 34 heavy (non-hydrogen) atoms. The number of anilines is 1. The van der Waals surface area contributed by atoms with Crippen molar-refractivity contribution >= 4 is 11.7 Å². The predicted octanol–water partition coefficient (Wildman–Crippen LogP) is 4.92. The summed E-state index contributed by atoms with van der Waals surface area (Å²) in [6.07, 6.45) is -1.02. The van der Waals surface area contributed by atoms with Crippen molar-refractivity contribution in [2.75, 3.05) is 5.32 Å². The van der Waals surface area contributed by atoms with E-state index in [9.17, 15) is 22.4 Å². The Labute approximate surface area is 191 Å². The zero-order valence-electron chi connectivity index (χ0n) is 18.2. The number of carbonyl (C=O) groups excluding carboxylic acids is 1. The topological polar surface area (TPSA) is 97.0 Å². The highest BCUT2D eigenvalue weighted by Gasteiger charge is 2.62. The summed E-state index contributed by atoms with van der Waals surface area (Å²) in [4.78, 5) is 22.3. The maximum absolute atomic E-state index is 13.6. The molecule has 1 aromatic carbocycles. The number of amides is 2. The molecule has 0 radical (unpaired) electrons. The normalized spacial score (nSPS) is 24.0. The maximum atomic E-state index is 13.6. The Morgan fingerprint density at radius 2 is 1.94 bits per heavy atom. The minimum atomic E-state index is -4.69. The van der Waals surface area contributed by atoms with Gasteiger partial charge in [-0.1, -0.05) is 6.92 Å². The Morgan fingerprint density at radius 1 is 1.21 bits per heavy atom. The molecule has 0 spiro atoms. The quantitative estimate of drug-likeness (QED) is 0.539. The number of aryl methyl sites for hydroxylation is 1. The number of alkyl halides is 3. The van der Waals surface area contributed by atoms with Gasteiger partial charge in [0, 0.05) is 30.6 Å². The molecule has 0 unspecified atom stereocenters. The van der Waals surface area contributed by atoms with Gasteiger partial charge in [-0.25, -0.2) is 19.2 Å². The number of aromatic nitrogens is 4. The number of rotatable bonds is 3. The summed E-state index contributed by atoms with van der Waals surface area (Å²) in [7, 11) is 0. The second-order valence-corrected chi connectivity index (χ2v) is 8.84. The van der Waals surface area contributed by atoms with Gasteiger partial charge in [0.2, 0.25) is 11.8 Å². The molecule has 2 aromatic heterocycles. The average molecular weight is 476 g/mol. The third kappa shape index (κ3) is 3.66. The van der Waals surface area contributed by atoms with Crippen LogP contribution in [0.1, 0.15) is 43.5 Å². The van der Waals surface area contributed by atoms with E-state index in [0.29, 0.717) is 30.5 Å². The van der Waals surface area contributed by atoms with Crippen LogP contribution in [0.15, 0.2) is 35.0 Å². The van der Waals surface area contributed by atoms with Gasteiger partial charge in [-0.2, -0.15) is 13.2 Å². The first-order valence-corrected chi connectivity index (χ1v) is 10.7. The van der Waals surface area contributed by atoms with E-state index in [-0.39, 0.29) is 23.1 Å². The number of hydrogen-bond acceptors (Lipinski definition) is 6. The Kier molecular flexibility index (Phi) is 5.06. The lowest BCUT2D eigenvalue weighted by atomic mass is 9.64. The third-order valence-corrected chi connectivity index (χ3v) is 6.34. The summed E-state index contributed by atoms with van der Waals surface area (Å²) in [6.45, 7) is 3.76. The third-order valence-electron chi connectivity index (χ3n) is 6.34. The van der Waals surface area contributed by atoms with Crippen molar-refractivity contribution in [3.63, 3.8) is 0 Å². The second-order valence-electron chi connectivity index (χ2n) is 8.84. The molecule has 2 aliphatic rings. The number of fused-ring (bicyclic) bond motifs is 2. The summed E-state index contributed by atoms with van der Waals surface area (Å²) >= 11 is 0. The standard InChI is InChI=1S/C22H20F4N6O2/c1-11-5-15-8-21(7-11,19-31-30-12(2)34-19)32(15)20(33)29-14-3-4-17(22(24,25)26)16(6-14)18-27-9-13(23)10-28-18/h3-4,6,9-11,15H,5,7-8H2,1-2H3,(H,29,33)/t11-,15+,21-/m1/s1. The Morgan fingerprint density at radius 3 is 2.59 bits per heavy atom. The Hall–Kier alpha value is -3.57. The lowest BCUT2D eigenvalue weighted by molar-refractivity contribution is -0.137. The molecule has 2 bridgehead atoms. The van der Waals surface area contributed by atoms with Crippen molar-refractivity contribution in [3.8, 4) is 11.4 Å². The number of benzene rings is 1. The number of halogens is 4. The number of likely N-dealkylation sites (tertiary alicyclic amines) is 1. The molecular formula is C22H20F4N6O2. The van der Waals surface area contributed by atoms with Crippen molar-refractivity contribution in [2.45, 2.75) is 50.9 Å². The molecule has 3 heterocycles. The molecule has 1 saturated heterocycles. The number of nitrogens with zero attached hydrogens (tertiary/aromatic N) is 5. The number of nitrogens with one attached hydrogen (secondary N) is 1. The SMILES string of the molecule is Cc1nnc([C@@]23C[C@H](C)C[C@@H](C2)N3C(=O)Nc2ccc(C(F)(F)F)c(-c3ncc(F)cn3)c2)o1. The minimum absolute atomic E-state index is 0.0506. The molecule has 1 aliphatic carbocycles. The van der Waals surface area contributed by atoms with Gasteiger partial charge in [0.05, 0.1) is 18.0 Å². The van der Waals surface area contributed by atoms with Crippen LogP contribution in [-0.2, 0) is 11.7 Å². The summed E-state index contributed by atoms with van der Waals surface area (Å²) in [6, 6.07) is 2.61. The highest BCUT2D eigenvalue weighted by atomic mass is 19.4. The molecule has 1 aliphatic heterocycles. The molecular weight excluding hydrogens is 456 g/mol. The van der Waals surface area contributed by atoms with Crippen LogP contribution in [0.25, 0.3) is 11.4 Å². The van der Waals surface area contributed by atoms with E-state index in [1.807, 2.05) is 0 Å². The van der Waals surface area contributed by atoms with E-state index in [1.54, 1.807) is 11.8 Å². The van der Waals surface area contributed by atoms with Crippen LogP contribution in [0.3, 0.4) is 0 Å². The lowest BCUT2D eigenvalue weighted by Crippen LogP contribution is -2.70. The largest absolute Gasteiger partial charge is 0.423 e. The van der Waals surface area contributed by atoms with Gasteiger partial charge in [0.15, 0.2) is 11.6 Å². The van der Waals surface area contributed by atoms with Crippen LogP contribution in [-0.4, -0.2) is 37.1 Å². The molecule has 1 N–H and O–H groups in total. The van der Waals surface area contributed by atoms with Crippen LogP contribution in [0.2, 0.25) is 0 Å². The van der Waals surface area contributed by atoms with Crippen molar-refractivity contribution in [3.05, 3.63) is 53.8 Å². The van der Waals surface area contributed by atoms with E-state index >= 15 is 0 Å². The molecule has 8 nitrogen and oxygen atoms in total. The molecule has 2 fully saturated rings. The Bertz CT molecular complexity index is 1240. The zero-order chi connectivity index (χ0) is 24.3. The zero-order valence-corrected chi connectivity index (χ0v) is 18.2. The van der Waals surface area contributed by atoms with Crippen LogP contribution >= 0.6 is 0 Å². The second kappa shape index (κ2) is 7.74. The minimum Gasteiger partial charge on any atom is -0.423 e. The van der Waals surface area contributed by atoms with E-state index in [1.165, 1.54) is 0 Å². The fourth-order valence-electron chi connectivity index (χ4n) is 5.12. The van der Waals surface area contributed by atoms with E-state index in [2.05, 4.69) is 32.4 Å². The summed E-state index contributed by atoms with van der Waals surface area (Å²) in [5.41, 5.74) is -1.99. The van der Waals surface area contributed by atoms with E-state index < -0.39 is 29.1 Å². The van der Waals surface area contributed by atoms with E-state index in [0.717, 1.165) is 37.0 Å².